The van der Waals surface area contributed by atoms with Crippen LogP contribution in [0.15, 0.2) is 39.9 Å². The Morgan fingerprint density at radius 3 is 2.29 bits per heavy atom. The van der Waals surface area contributed by atoms with E-state index < -0.39 is 23.9 Å². The lowest BCUT2D eigenvalue weighted by Gasteiger charge is -2.43. The number of furan rings is 1. The summed E-state index contributed by atoms with van der Waals surface area (Å²) in [6.07, 6.45) is -3.07. The highest BCUT2D eigenvalue weighted by atomic mass is 32.1. The van der Waals surface area contributed by atoms with Crippen LogP contribution in [0.25, 0.3) is 21.6 Å². The standard InChI is InChI=1S/C36H50F3NO8S/c1-33(2,3)22-35(7,34(4,5)6)32(43)46-18-10-13-27(42)26(40-44)12-9-17-45-24-15-14-23-19-29(47-28(23)20-24)31-30(48-36(37,38)39)21-25(49-31)11-8-16-41/h14-15,19-21,26-27,41-42H,8-13,16-18,22H2,1-7H3. The van der Waals surface area contributed by atoms with Crippen LogP contribution in [0.3, 0.4) is 0 Å². The number of hydrogen-bond acceptors (Lipinski definition) is 10. The molecule has 9 nitrogen and oxygen atoms in total. The number of aliphatic hydroxyl groups is 2. The van der Waals surface area contributed by atoms with Gasteiger partial charge in [0.1, 0.15) is 28.0 Å². The number of fused-ring (bicyclic) bond motifs is 1. The van der Waals surface area contributed by atoms with E-state index in [1.807, 2.05) is 27.7 Å². The molecular weight excluding hydrogens is 663 g/mol. The Balaban J connectivity index is 1.51. The predicted molar refractivity (Wildman–Crippen MR) is 184 cm³/mol. The van der Waals surface area contributed by atoms with Crippen LogP contribution in [-0.4, -0.2) is 54.5 Å². The second-order valence-electron chi connectivity index (χ2n) is 14.9. The summed E-state index contributed by atoms with van der Waals surface area (Å²) in [7, 11) is 0. The third kappa shape index (κ3) is 11.7. The molecule has 0 radical (unpaired) electrons. The van der Waals surface area contributed by atoms with E-state index in [9.17, 15) is 28.0 Å². The van der Waals surface area contributed by atoms with Gasteiger partial charge in [0.2, 0.25) is 0 Å². The zero-order valence-corrected chi connectivity index (χ0v) is 30.3. The Labute approximate surface area is 290 Å². The minimum atomic E-state index is -4.87. The van der Waals surface area contributed by atoms with Gasteiger partial charge in [0.15, 0.2) is 5.75 Å². The van der Waals surface area contributed by atoms with Crippen LogP contribution in [-0.2, 0) is 16.0 Å². The van der Waals surface area contributed by atoms with E-state index in [1.165, 1.54) is 6.07 Å². The molecular formula is C36H50F3NO8S. The van der Waals surface area contributed by atoms with Crippen LogP contribution in [0.5, 0.6) is 11.5 Å². The predicted octanol–water partition coefficient (Wildman–Crippen LogP) is 9.45. The molecule has 2 N–H and O–H groups in total. The molecule has 3 atom stereocenters. The molecule has 274 valence electrons. The van der Waals surface area contributed by atoms with Crippen molar-refractivity contribution in [2.75, 3.05) is 19.8 Å². The Kier molecular flexibility index (Phi) is 13.7. The minimum Gasteiger partial charge on any atom is -0.493 e. The highest BCUT2D eigenvalue weighted by Gasteiger charge is 2.47. The van der Waals surface area contributed by atoms with Crippen molar-refractivity contribution < 1.29 is 46.8 Å². The molecule has 3 rings (SSSR count). The fourth-order valence-corrected chi connectivity index (χ4v) is 6.77. The van der Waals surface area contributed by atoms with Crippen molar-refractivity contribution >= 4 is 28.3 Å². The van der Waals surface area contributed by atoms with E-state index in [0.717, 1.165) is 11.3 Å². The van der Waals surface area contributed by atoms with Gasteiger partial charge >= 0.3 is 12.3 Å². The van der Waals surface area contributed by atoms with Gasteiger partial charge in [-0.2, -0.15) is 4.91 Å². The highest BCUT2D eigenvalue weighted by molar-refractivity contribution is 7.15. The number of ether oxygens (including phenoxy) is 3. The lowest BCUT2D eigenvalue weighted by Crippen LogP contribution is -2.44. The lowest BCUT2D eigenvalue weighted by atomic mass is 9.61. The average Bonchev–Trinajstić information content (AvgIpc) is 3.58. The first-order valence-corrected chi connectivity index (χ1v) is 17.4. The van der Waals surface area contributed by atoms with E-state index in [1.54, 1.807) is 24.3 Å². The molecule has 49 heavy (non-hydrogen) atoms. The van der Waals surface area contributed by atoms with Crippen LogP contribution < -0.4 is 9.47 Å². The van der Waals surface area contributed by atoms with Crippen LogP contribution >= 0.6 is 11.3 Å². The van der Waals surface area contributed by atoms with Gasteiger partial charge in [-0.3, -0.25) is 4.79 Å². The number of alkyl halides is 3. The summed E-state index contributed by atoms with van der Waals surface area (Å²) in [5.74, 6) is 0.0398. The number of carbonyl (C=O) groups excluding carboxylic acids is 1. The Morgan fingerprint density at radius 2 is 1.67 bits per heavy atom. The molecule has 3 unspecified atom stereocenters. The topological polar surface area (TPSA) is 128 Å². The first-order chi connectivity index (χ1) is 22.8. The second-order valence-corrected chi connectivity index (χ2v) is 16.1. The number of aliphatic hydroxyl groups excluding tert-OH is 2. The van der Waals surface area contributed by atoms with Crippen molar-refractivity contribution in [3.8, 4) is 22.1 Å². The molecule has 0 amide bonds. The van der Waals surface area contributed by atoms with Crippen molar-refractivity contribution in [2.45, 2.75) is 112 Å². The van der Waals surface area contributed by atoms with E-state index in [4.69, 9.17) is 19.0 Å². The fourth-order valence-electron chi connectivity index (χ4n) is 5.70. The molecule has 2 heterocycles. The number of carbonyl (C=O) groups is 1. The number of nitrogens with zero attached hydrogens (tertiary/aromatic N) is 1. The summed E-state index contributed by atoms with van der Waals surface area (Å²) >= 11 is 1.11. The second kappa shape index (κ2) is 16.7. The van der Waals surface area contributed by atoms with Crippen molar-refractivity contribution in [3.05, 3.63) is 40.1 Å². The smallest absolute Gasteiger partial charge is 0.493 e. The molecule has 0 saturated heterocycles. The van der Waals surface area contributed by atoms with E-state index >= 15 is 0 Å². The quantitative estimate of drug-likeness (QED) is 0.0758. The summed E-state index contributed by atoms with van der Waals surface area (Å²) in [6.45, 7) is 14.5. The molecule has 13 heteroatoms. The molecule has 1 aromatic carbocycles. The summed E-state index contributed by atoms with van der Waals surface area (Å²) < 4.78 is 60.8. The van der Waals surface area contributed by atoms with E-state index in [0.29, 0.717) is 53.7 Å². The zero-order valence-electron chi connectivity index (χ0n) is 29.4. The fraction of sp³-hybridized carbons (Fsp3) is 0.639. The first-order valence-electron chi connectivity index (χ1n) is 16.6. The number of nitroso groups, excluding NO2 is 1. The maximum Gasteiger partial charge on any atom is 0.573 e. The molecule has 0 fully saturated rings. The Bertz CT molecular complexity index is 1520. The molecule has 0 aliphatic carbocycles. The van der Waals surface area contributed by atoms with Crippen molar-refractivity contribution in [3.63, 3.8) is 0 Å². The SMILES string of the molecule is CC(C)(C)CC(C)(C(=O)OCCCC(O)C(CCCOc1ccc2cc(-c3sc(CCCO)cc3OC(F)(F)F)oc2c1)N=O)C(C)(C)C. The molecule has 2 aromatic heterocycles. The highest BCUT2D eigenvalue weighted by Crippen LogP contribution is 2.47. The number of aryl methyl sites for hydroxylation is 1. The number of esters is 1. The van der Waals surface area contributed by atoms with Gasteiger partial charge in [-0.15, -0.1) is 24.5 Å². The first kappa shape index (κ1) is 40.3. The van der Waals surface area contributed by atoms with Crippen LogP contribution in [0.4, 0.5) is 13.2 Å². The lowest BCUT2D eigenvalue weighted by molar-refractivity contribution is -0.274. The molecule has 0 spiro atoms. The maximum absolute atomic E-state index is 13.1. The Morgan fingerprint density at radius 1 is 0.980 bits per heavy atom. The number of rotatable bonds is 18. The summed E-state index contributed by atoms with van der Waals surface area (Å²) in [5, 5.41) is 23.5. The average molecular weight is 714 g/mol. The van der Waals surface area contributed by atoms with Crippen molar-refractivity contribution in [2.24, 2.45) is 21.4 Å². The van der Waals surface area contributed by atoms with Crippen molar-refractivity contribution in [1.29, 1.82) is 0 Å². The third-order valence-electron chi connectivity index (χ3n) is 8.63. The van der Waals surface area contributed by atoms with E-state index in [-0.39, 0.29) is 65.8 Å². The van der Waals surface area contributed by atoms with Gasteiger partial charge in [-0.25, -0.2) is 0 Å². The largest absolute Gasteiger partial charge is 0.573 e. The number of hydrogen-bond donors (Lipinski definition) is 2. The molecule has 0 bridgehead atoms. The number of halogens is 3. The van der Waals surface area contributed by atoms with Crippen LogP contribution in [0.2, 0.25) is 0 Å². The summed E-state index contributed by atoms with van der Waals surface area (Å²) in [6, 6.07) is 7.14. The third-order valence-corrected chi connectivity index (χ3v) is 9.82. The van der Waals surface area contributed by atoms with Crippen LogP contribution in [0, 0.1) is 21.2 Å². The van der Waals surface area contributed by atoms with Gasteiger partial charge in [0, 0.05) is 22.9 Å². The van der Waals surface area contributed by atoms with Crippen molar-refractivity contribution in [1.82, 2.24) is 0 Å². The van der Waals surface area contributed by atoms with Gasteiger partial charge in [0.25, 0.3) is 0 Å². The molecule has 3 aromatic rings. The number of benzene rings is 1. The minimum absolute atomic E-state index is 0.0715. The summed E-state index contributed by atoms with van der Waals surface area (Å²) in [4.78, 5) is 25.5. The zero-order chi connectivity index (χ0) is 36.6. The Hall–Kier alpha value is -3.16. The van der Waals surface area contributed by atoms with Gasteiger partial charge in [-0.1, -0.05) is 46.7 Å². The van der Waals surface area contributed by atoms with Gasteiger partial charge in [-0.05, 0) is 87.0 Å². The monoisotopic (exact) mass is 713 g/mol. The van der Waals surface area contributed by atoms with Gasteiger partial charge in [0.05, 0.1) is 24.7 Å². The van der Waals surface area contributed by atoms with E-state index in [2.05, 4.69) is 30.7 Å². The van der Waals surface area contributed by atoms with Crippen LogP contribution in [0.1, 0.15) is 91.9 Å². The number of thiophene rings is 1. The van der Waals surface area contributed by atoms with Gasteiger partial charge < -0.3 is 28.8 Å². The molecule has 0 saturated carbocycles. The molecule has 0 aliphatic rings. The normalized spacial score (nSPS) is 15.1. The molecule has 0 aliphatic heterocycles. The maximum atomic E-state index is 13.1. The summed E-state index contributed by atoms with van der Waals surface area (Å²) in [5.41, 5.74) is -0.670.